The summed E-state index contributed by atoms with van der Waals surface area (Å²) in [5.74, 6) is -1.53. The number of carboxylic acid groups (broad SMARTS) is 1. The van der Waals surface area contributed by atoms with E-state index < -0.39 is 5.97 Å². The lowest BCUT2D eigenvalue weighted by Gasteiger charge is -2.11. The van der Waals surface area contributed by atoms with E-state index in [0.717, 1.165) is 13.0 Å². The van der Waals surface area contributed by atoms with Crippen LogP contribution in [0, 0.1) is 5.92 Å². The van der Waals surface area contributed by atoms with E-state index in [-0.39, 0.29) is 23.3 Å². The predicted molar refractivity (Wildman–Crippen MR) is 63.2 cm³/mol. The molecule has 2 rings (SSSR count). The van der Waals surface area contributed by atoms with Crippen molar-refractivity contribution in [2.45, 2.75) is 6.42 Å². The van der Waals surface area contributed by atoms with Crippen molar-refractivity contribution in [3.63, 3.8) is 0 Å². The van der Waals surface area contributed by atoms with Gasteiger partial charge in [-0.05, 0) is 20.0 Å². The van der Waals surface area contributed by atoms with Crippen LogP contribution in [0.2, 0.25) is 0 Å². The largest absolute Gasteiger partial charge is 0.476 e. The average molecular weight is 250 g/mol. The molecule has 1 amide bonds. The Bertz CT molecular complexity index is 477. The van der Waals surface area contributed by atoms with Gasteiger partial charge in [0.2, 0.25) is 5.91 Å². The highest BCUT2D eigenvalue weighted by atomic mass is 16.4. The van der Waals surface area contributed by atoms with Gasteiger partial charge in [0.1, 0.15) is 0 Å². The van der Waals surface area contributed by atoms with Crippen molar-refractivity contribution in [2.24, 2.45) is 5.92 Å². The summed E-state index contributed by atoms with van der Waals surface area (Å²) in [5, 5.41) is 11.5. The summed E-state index contributed by atoms with van der Waals surface area (Å²) < 4.78 is 0. The van der Waals surface area contributed by atoms with E-state index in [0.29, 0.717) is 6.54 Å². The fourth-order valence-corrected chi connectivity index (χ4v) is 1.95. The van der Waals surface area contributed by atoms with E-state index in [1.54, 1.807) is 0 Å². The predicted octanol–water partition coefficient (Wildman–Crippen LogP) is 0.0650. The Morgan fingerprint density at radius 1 is 1.44 bits per heavy atom. The number of likely N-dealkylation sites (tertiary alicyclic amines) is 1. The summed E-state index contributed by atoms with van der Waals surface area (Å²) in [7, 11) is 1.94. The Morgan fingerprint density at radius 3 is 2.78 bits per heavy atom. The number of rotatable bonds is 3. The van der Waals surface area contributed by atoms with Crippen LogP contribution in [-0.2, 0) is 4.79 Å². The van der Waals surface area contributed by atoms with Crippen molar-refractivity contribution in [1.82, 2.24) is 14.9 Å². The Kier molecular flexibility index (Phi) is 3.52. The summed E-state index contributed by atoms with van der Waals surface area (Å²) in [6.07, 6.45) is 3.40. The molecular formula is C11H14N4O3. The molecule has 1 atom stereocenters. The highest BCUT2D eigenvalue weighted by Crippen LogP contribution is 2.17. The maximum atomic E-state index is 11.9. The lowest BCUT2D eigenvalue weighted by molar-refractivity contribution is -0.119. The Labute approximate surface area is 104 Å². The van der Waals surface area contributed by atoms with E-state index in [1.807, 2.05) is 7.05 Å². The number of aromatic nitrogens is 2. The minimum atomic E-state index is -1.21. The van der Waals surface area contributed by atoms with Crippen molar-refractivity contribution in [1.29, 1.82) is 0 Å². The third-order valence-electron chi connectivity index (χ3n) is 2.90. The highest BCUT2D eigenvalue weighted by Gasteiger charge is 2.27. The minimum Gasteiger partial charge on any atom is -0.476 e. The van der Waals surface area contributed by atoms with E-state index in [1.165, 1.54) is 12.4 Å². The van der Waals surface area contributed by atoms with Crippen LogP contribution in [0.15, 0.2) is 12.4 Å². The molecule has 18 heavy (non-hydrogen) atoms. The quantitative estimate of drug-likeness (QED) is 0.788. The molecule has 2 N–H and O–H groups in total. The molecule has 0 radical (unpaired) electrons. The molecule has 0 spiro atoms. The Balaban J connectivity index is 2.09. The van der Waals surface area contributed by atoms with Gasteiger partial charge in [0.05, 0.1) is 5.92 Å². The van der Waals surface area contributed by atoms with Crippen LogP contribution in [0.1, 0.15) is 16.9 Å². The first-order valence-electron chi connectivity index (χ1n) is 5.61. The first-order valence-corrected chi connectivity index (χ1v) is 5.61. The Hall–Kier alpha value is -2.02. The number of hydrogen-bond acceptors (Lipinski definition) is 5. The first-order chi connectivity index (χ1) is 8.58. The second-order valence-corrected chi connectivity index (χ2v) is 4.30. The summed E-state index contributed by atoms with van der Waals surface area (Å²) in [5.41, 5.74) is -0.239. The molecule has 0 aromatic carbocycles. The summed E-state index contributed by atoms with van der Waals surface area (Å²) in [6.45, 7) is 1.54. The number of nitrogens with zero attached hydrogens (tertiary/aromatic N) is 3. The van der Waals surface area contributed by atoms with Gasteiger partial charge in [0.25, 0.3) is 0 Å². The van der Waals surface area contributed by atoms with E-state index in [4.69, 9.17) is 5.11 Å². The monoisotopic (exact) mass is 250 g/mol. The third-order valence-corrected chi connectivity index (χ3v) is 2.90. The van der Waals surface area contributed by atoms with Crippen molar-refractivity contribution >= 4 is 17.7 Å². The van der Waals surface area contributed by atoms with Gasteiger partial charge in [-0.25, -0.2) is 14.8 Å². The molecule has 1 aromatic heterocycles. The number of carbonyl (C=O) groups is 2. The highest BCUT2D eigenvalue weighted by molar-refractivity contribution is 5.98. The molecule has 1 aliphatic rings. The van der Waals surface area contributed by atoms with E-state index in [2.05, 4.69) is 20.2 Å². The zero-order valence-electron chi connectivity index (χ0n) is 9.96. The molecule has 96 valence electrons. The topological polar surface area (TPSA) is 95.4 Å². The second kappa shape index (κ2) is 5.09. The molecule has 0 aliphatic carbocycles. The fourth-order valence-electron chi connectivity index (χ4n) is 1.95. The summed E-state index contributed by atoms with van der Waals surface area (Å²) >= 11 is 0. The molecule has 1 fully saturated rings. The van der Waals surface area contributed by atoms with Crippen LogP contribution in [0.3, 0.4) is 0 Å². The van der Waals surface area contributed by atoms with Gasteiger partial charge in [-0.3, -0.25) is 4.79 Å². The van der Waals surface area contributed by atoms with Gasteiger partial charge in [0, 0.05) is 18.9 Å². The normalized spacial score (nSPS) is 19.7. The van der Waals surface area contributed by atoms with Gasteiger partial charge in [0.15, 0.2) is 11.5 Å². The Morgan fingerprint density at radius 2 is 2.17 bits per heavy atom. The van der Waals surface area contributed by atoms with Crippen molar-refractivity contribution < 1.29 is 14.7 Å². The van der Waals surface area contributed by atoms with Crippen LogP contribution >= 0.6 is 0 Å². The first kappa shape index (κ1) is 12.4. The van der Waals surface area contributed by atoms with Crippen LogP contribution in [-0.4, -0.2) is 52.0 Å². The van der Waals surface area contributed by atoms with E-state index >= 15 is 0 Å². The van der Waals surface area contributed by atoms with Gasteiger partial charge in [-0.15, -0.1) is 0 Å². The number of anilines is 1. The number of amides is 1. The molecule has 0 saturated carbocycles. The van der Waals surface area contributed by atoms with Crippen LogP contribution in [0.4, 0.5) is 5.82 Å². The maximum absolute atomic E-state index is 11.9. The van der Waals surface area contributed by atoms with Crippen LogP contribution in [0.5, 0.6) is 0 Å². The number of carbonyl (C=O) groups excluding carboxylic acids is 1. The lowest BCUT2D eigenvalue weighted by Crippen LogP contribution is -2.27. The van der Waals surface area contributed by atoms with Crippen LogP contribution < -0.4 is 5.32 Å². The van der Waals surface area contributed by atoms with Crippen LogP contribution in [0.25, 0.3) is 0 Å². The smallest absolute Gasteiger partial charge is 0.358 e. The van der Waals surface area contributed by atoms with Gasteiger partial charge >= 0.3 is 5.97 Å². The molecule has 1 unspecified atom stereocenters. The number of hydrogen-bond donors (Lipinski definition) is 2. The standard InChI is InChI=1S/C11H14N4O3/c1-15-5-2-7(6-15)10(16)14-9-8(11(17)18)12-3-4-13-9/h3-4,7H,2,5-6H2,1H3,(H,17,18)(H,13,14,16). The summed E-state index contributed by atoms with van der Waals surface area (Å²) in [6, 6.07) is 0. The number of nitrogens with one attached hydrogen (secondary N) is 1. The molecule has 1 saturated heterocycles. The zero-order chi connectivity index (χ0) is 13.1. The second-order valence-electron chi connectivity index (χ2n) is 4.30. The average Bonchev–Trinajstić information content (AvgIpc) is 2.76. The van der Waals surface area contributed by atoms with Gasteiger partial charge in [-0.1, -0.05) is 0 Å². The maximum Gasteiger partial charge on any atom is 0.358 e. The number of carboxylic acids is 1. The molecular weight excluding hydrogens is 236 g/mol. The van der Waals surface area contributed by atoms with Crippen molar-refractivity contribution in [3.05, 3.63) is 18.1 Å². The zero-order valence-corrected chi connectivity index (χ0v) is 9.96. The third kappa shape index (κ3) is 2.62. The van der Waals surface area contributed by atoms with Crippen molar-refractivity contribution in [3.8, 4) is 0 Å². The minimum absolute atomic E-state index is 0.00422. The van der Waals surface area contributed by atoms with Gasteiger partial charge < -0.3 is 15.3 Å². The number of aromatic carboxylic acids is 1. The molecule has 1 aromatic rings. The van der Waals surface area contributed by atoms with Crippen molar-refractivity contribution in [2.75, 3.05) is 25.5 Å². The summed E-state index contributed by atoms with van der Waals surface area (Å²) in [4.78, 5) is 32.4. The fraction of sp³-hybridized carbons (Fsp3) is 0.455. The van der Waals surface area contributed by atoms with Gasteiger partial charge in [-0.2, -0.15) is 0 Å². The molecule has 2 heterocycles. The molecule has 1 aliphatic heterocycles. The molecule has 7 nitrogen and oxygen atoms in total. The van der Waals surface area contributed by atoms with E-state index in [9.17, 15) is 9.59 Å². The molecule has 0 bridgehead atoms. The SMILES string of the molecule is CN1CCC(C(=O)Nc2nccnc2C(=O)O)C1. The molecule has 7 heteroatoms. The lowest BCUT2D eigenvalue weighted by atomic mass is 10.1.